The first kappa shape index (κ1) is 12.7. The Bertz CT molecular complexity index is 386. The smallest absolute Gasteiger partial charge is 0.0841 e. The van der Waals surface area contributed by atoms with Crippen LogP contribution in [0.25, 0.3) is 0 Å². The predicted octanol–water partition coefficient (Wildman–Crippen LogP) is 3.24. The van der Waals surface area contributed by atoms with E-state index in [1.807, 2.05) is 18.3 Å². The topological polar surface area (TPSA) is 50.9 Å². The van der Waals surface area contributed by atoms with Crippen molar-refractivity contribution in [2.75, 3.05) is 0 Å². The lowest BCUT2D eigenvalue weighted by Gasteiger charge is -2.18. The van der Waals surface area contributed by atoms with E-state index in [1.165, 1.54) is 24.8 Å². The molecule has 2 rings (SSSR count). The molecule has 3 nitrogen and oxygen atoms in total. The number of nitrogens with one attached hydrogen (secondary N) is 1. The number of pyridine rings is 1. The summed E-state index contributed by atoms with van der Waals surface area (Å²) in [5, 5.41) is 0. The minimum atomic E-state index is 0.0567. The van der Waals surface area contributed by atoms with Gasteiger partial charge in [0, 0.05) is 10.7 Å². The monoisotopic (exact) mass is 295 g/mol. The molecule has 1 heterocycles. The van der Waals surface area contributed by atoms with Gasteiger partial charge in [0.15, 0.2) is 0 Å². The van der Waals surface area contributed by atoms with Crippen LogP contribution >= 0.6 is 15.9 Å². The molecule has 1 aliphatic carbocycles. The highest BCUT2D eigenvalue weighted by Crippen LogP contribution is 2.28. The van der Waals surface area contributed by atoms with Crippen LogP contribution in [-0.2, 0) is 0 Å². The van der Waals surface area contributed by atoms with E-state index in [2.05, 4.69) is 32.4 Å². The summed E-state index contributed by atoms with van der Waals surface area (Å²) in [5.41, 5.74) is 5.25. The van der Waals surface area contributed by atoms with Crippen LogP contribution in [0.5, 0.6) is 0 Å². The molecule has 1 aromatic heterocycles. The van der Waals surface area contributed by atoms with Gasteiger partial charge < -0.3 is 0 Å². The number of nitrogens with two attached hydrogens (primary N) is 1. The number of allylic oxidation sites excluding steroid dienone is 1. The molecule has 0 aliphatic heterocycles. The molecular weight excluding hydrogens is 278 g/mol. The van der Waals surface area contributed by atoms with Crippen molar-refractivity contribution >= 4 is 15.9 Å². The quantitative estimate of drug-likeness (QED) is 0.511. The summed E-state index contributed by atoms with van der Waals surface area (Å²) in [6, 6.07) is 4.07. The molecule has 1 unspecified atom stereocenters. The summed E-state index contributed by atoms with van der Waals surface area (Å²) in [5.74, 6) is 5.68. The van der Waals surface area contributed by atoms with Gasteiger partial charge >= 0.3 is 0 Å². The van der Waals surface area contributed by atoms with Crippen LogP contribution in [0.1, 0.15) is 43.8 Å². The number of rotatable bonds is 3. The Balaban J connectivity index is 2.20. The van der Waals surface area contributed by atoms with E-state index >= 15 is 0 Å². The Morgan fingerprint density at radius 1 is 1.29 bits per heavy atom. The van der Waals surface area contributed by atoms with Crippen molar-refractivity contribution in [3.8, 4) is 0 Å². The summed E-state index contributed by atoms with van der Waals surface area (Å²) in [7, 11) is 0. The lowest BCUT2D eigenvalue weighted by atomic mass is 9.99. The van der Waals surface area contributed by atoms with Gasteiger partial charge in [-0.2, -0.15) is 0 Å². The highest BCUT2D eigenvalue weighted by atomic mass is 79.9. The third kappa shape index (κ3) is 3.37. The SMILES string of the molecule is NNC(C1=CCCCCC1)c1ccc(Br)cn1. The molecule has 0 spiro atoms. The van der Waals surface area contributed by atoms with Gasteiger partial charge in [0.2, 0.25) is 0 Å². The van der Waals surface area contributed by atoms with Crippen molar-refractivity contribution in [1.82, 2.24) is 10.4 Å². The van der Waals surface area contributed by atoms with Crippen LogP contribution in [0.4, 0.5) is 0 Å². The minimum Gasteiger partial charge on any atom is -0.271 e. The van der Waals surface area contributed by atoms with E-state index in [0.29, 0.717) is 0 Å². The van der Waals surface area contributed by atoms with Crippen molar-refractivity contribution in [1.29, 1.82) is 0 Å². The van der Waals surface area contributed by atoms with Crippen LogP contribution in [0.15, 0.2) is 34.5 Å². The zero-order chi connectivity index (χ0) is 12.1. The molecule has 0 saturated carbocycles. The van der Waals surface area contributed by atoms with Crippen molar-refractivity contribution in [2.45, 2.75) is 38.1 Å². The number of hydrogen-bond donors (Lipinski definition) is 2. The zero-order valence-corrected chi connectivity index (χ0v) is 11.4. The molecule has 0 radical (unpaired) electrons. The standard InChI is InChI=1S/C13H18BrN3/c14-11-7-8-12(16-9-11)13(17-15)10-5-3-1-2-4-6-10/h5,7-9,13,17H,1-4,6,15H2. The Morgan fingerprint density at radius 2 is 2.18 bits per heavy atom. The summed E-state index contributed by atoms with van der Waals surface area (Å²) < 4.78 is 0.992. The number of aromatic nitrogens is 1. The molecule has 4 heteroatoms. The summed E-state index contributed by atoms with van der Waals surface area (Å²) in [4.78, 5) is 4.43. The van der Waals surface area contributed by atoms with Crippen LogP contribution in [-0.4, -0.2) is 4.98 Å². The van der Waals surface area contributed by atoms with Crippen molar-refractivity contribution in [3.05, 3.63) is 40.1 Å². The average Bonchev–Trinajstić information content (AvgIpc) is 2.62. The molecule has 0 fully saturated rings. The average molecular weight is 296 g/mol. The van der Waals surface area contributed by atoms with Gasteiger partial charge in [-0.1, -0.05) is 18.1 Å². The van der Waals surface area contributed by atoms with E-state index in [-0.39, 0.29) is 6.04 Å². The largest absolute Gasteiger partial charge is 0.271 e. The molecule has 92 valence electrons. The van der Waals surface area contributed by atoms with E-state index in [0.717, 1.165) is 23.0 Å². The second-order valence-electron chi connectivity index (χ2n) is 4.38. The molecule has 0 saturated heterocycles. The van der Waals surface area contributed by atoms with E-state index in [9.17, 15) is 0 Å². The van der Waals surface area contributed by atoms with Crippen molar-refractivity contribution in [2.24, 2.45) is 5.84 Å². The van der Waals surface area contributed by atoms with Crippen LogP contribution < -0.4 is 11.3 Å². The first-order chi connectivity index (χ1) is 8.31. The van der Waals surface area contributed by atoms with Gasteiger partial charge in [-0.05, 0) is 53.7 Å². The third-order valence-corrected chi connectivity index (χ3v) is 3.63. The molecule has 17 heavy (non-hydrogen) atoms. The third-order valence-electron chi connectivity index (χ3n) is 3.16. The molecular formula is C13H18BrN3. The van der Waals surface area contributed by atoms with Crippen LogP contribution in [0.2, 0.25) is 0 Å². The van der Waals surface area contributed by atoms with E-state index in [1.54, 1.807) is 0 Å². The number of hydrazine groups is 1. The molecule has 0 amide bonds. The first-order valence-electron chi connectivity index (χ1n) is 6.08. The van der Waals surface area contributed by atoms with Crippen LogP contribution in [0.3, 0.4) is 0 Å². The molecule has 0 aromatic carbocycles. The van der Waals surface area contributed by atoms with Gasteiger partial charge in [0.25, 0.3) is 0 Å². The highest BCUT2D eigenvalue weighted by molar-refractivity contribution is 9.10. The van der Waals surface area contributed by atoms with Gasteiger partial charge in [0.05, 0.1) is 11.7 Å². The summed E-state index contributed by atoms with van der Waals surface area (Å²) in [6.07, 6.45) is 10.3. The lowest BCUT2D eigenvalue weighted by Crippen LogP contribution is -2.30. The second-order valence-corrected chi connectivity index (χ2v) is 5.30. The molecule has 3 N–H and O–H groups in total. The Labute approximate surface area is 111 Å². The van der Waals surface area contributed by atoms with Gasteiger partial charge in [-0.15, -0.1) is 0 Å². The fraction of sp³-hybridized carbons (Fsp3) is 0.462. The Morgan fingerprint density at radius 3 is 2.88 bits per heavy atom. The zero-order valence-electron chi connectivity index (χ0n) is 9.82. The van der Waals surface area contributed by atoms with Crippen LogP contribution in [0, 0.1) is 0 Å². The van der Waals surface area contributed by atoms with E-state index in [4.69, 9.17) is 5.84 Å². The predicted molar refractivity (Wildman–Crippen MR) is 73.2 cm³/mol. The molecule has 1 aromatic rings. The summed E-state index contributed by atoms with van der Waals surface area (Å²) >= 11 is 3.40. The van der Waals surface area contributed by atoms with E-state index < -0.39 is 0 Å². The maximum absolute atomic E-state index is 5.68. The van der Waals surface area contributed by atoms with Crippen molar-refractivity contribution < 1.29 is 0 Å². The Hall–Kier alpha value is -0.710. The fourth-order valence-corrected chi connectivity index (χ4v) is 2.48. The van der Waals surface area contributed by atoms with Gasteiger partial charge in [0.1, 0.15) is 0 Å². The molecule has 1 aliphatic rings. The first-order valence-corrected chi connectivity index (χ1v) is 6.87. The molecule has 1 atom stereocenters. The normalized spacial score (nSPS) is 18.4. The fourth-order valence-electron chi connectivity index (χ4n) is 2.24. The molecule has 0 bridgehead atoms. The van der Waals surface area contributed by atoms with Gasteiger partial charge in [-0.3, -0.25) is 10.8 Å². The number of hydrogen-bond acceptors (Lipinski definition) is 3. The maximum atomic E-state index is 5.68. The maximum Gasteiger partial charge on any atom is 0.0841 e. The second kappa shape index (κ2) is 6.28. The van der Waals surface area contributed by atoms with Gasteiger partial charge in [-0.25, -0.2) is 5.43 Å². The highest BCUT2D eigenvalue weighted by Gasteiger charge is 2.17. The number of halogens is 1. The Kier molecular flexibility index (Phi) is 4.71. The summed E-state index contributed by atoms with van der Waals surface area (Å²) in [6.45, 7) is 0. The minimum absolute atomic E-state index is 0.0567. The lowest BCUT2D eigenvalue weighted by molar-refractivity contribution is 0.580. The number of nitrogens with zero attached hydrogens (tertiary/aromatic N) is 1. The van der Waals surface area contributed by atoms with Crippen molar-refractivity contribution in [3.63, 3.8) is 0 Å².